The summed E-state index contributed by atoms with van der Waals surface area (Å²) in [6, 6.07) is 5.68. The molecule has 0 saturated carbocycles. The Morgan fingerprint density at radius 2 is 2.05 bits per heavy atom. The van der Waals surface area contributed by atoms with E-state index in [1.165, 1.54) is 25.9 Å². The zero-order chi connectivity index (χ0) is 15.5. The third-order valence-corrected chi connectivity index (χ3v) is 4.52. The summed E-state index contributed by atoms with van der Waals surface area (Å²) < 4.78 is 0. The Bertz CT molecular complexity index is 652. The van der Waals surface area contributed by atoms with Gasteiger partial charge in [0.05, 0.1) is 5.52 Å². The molecule has 1 aromatic heterocycles. The molecule has 0 amide bonds. The fraction of sp³-hybridized carbons (Fsp3) is 0.500. The third kappa shape index (κ3) is 3.42. The number of anilines is 2. The fourth-order valence-corrected chi connectivity index (χ4v) is 3.04. The second-order valence-electron chi connectivity index (χ2n) is 5.93. The van der Waals surface area contributed by atoms with Gasteiger partial charge in [-0.1, -0.05) is 11.6 Å². The molecule has 6 heteroatoms. The molecular formula is C16H22ClN5. The van der Waals surface area contributed by atoms with Crippen LogP contribution in [0.2, 0.25) is 5.02 Å². The van der Waals surface area contributed by atoms with Gasteiger partial charge in [-0.2, -0.15) is 4.98 Å². The lowest BCUT2D eigenvalue weighted by atomic mass is 9.97. The highest BCUT2D eigenvalue weighted by atomic mass is 35.5. The van der Waals surface area contributed by atoms with Gasteiger partial charge in [-0.25, -0.2) is 4.98 Å². The summed E-state index contributed by atoms with van der Waals surface area (Å²) in [5.41, 5.74) is 0.898. The van der Waals surface area contributed by atoms with Crippen molar-refractivity contribution in [3.8, 4) is 0 Å². The Hall–Kier alpha value is -1.59. The highest BCUT2D eigenvalue weighted by molar-refractivity contribution is 6.31. The fourth-order valence-electron chi connectivity index (χ4n) is 2.87. The molecule has 0 unspecified atom stereocenters. The van der Waals surface area contributed by atoms with Crippen molar-refractivity contribution in [3.63, 3.8) is 0 Å². The van der Waals surface area contributed by atoms with Crippen LogP contribution in [0, 0.1) is 5.92 Å². The van der Waals surface area contributed by atoms with Gasteiger partial charge in [-0.15, -0.1) is 0 Å². The number of rotatable bonds is 4. The standard InChI is InChI=1S/C16H22ClN5/c1-18-15-13-9-12(17)3-4-14(13)20-16(21-15)19-10-11-5-7-22(2)8-6-11/h3-4,9,11H,5-8,10H2,1-2H3,(H2,18,19,20,21). The van der Waals surface area contributed by atoms with Crippen molar-refractivity contribution in [2.75, 3.05) is 44.4 Å². The maximum Gasteiger partial charge on any atom is 0.225 e. The van der Waals surface area contributed by atoms with E-state index in [4.69, 9.17) is 11.6 Å². The molecule has 2 heterocycles. The number of nitrogens with zero attached hydrogens (tertiary/aromatic N) is 3. The third-order valence-electron chi connectivity index (χ3n) is 4.28. The van der Waals surface area contributed by atoms with Gasteiger partial charge in [0.2, 0.25) is 5.95 Å². The van der Waals surface area contributed by atoms with Crippen molar-refractivity contribution < 1.29 is 0 Å². The zero-order valence-corrected chi connectivity index (χ0v) is 13.8. The highest BCUT2D eigenvalue weighted by Gasteiger charge is 2.17. The van der Waals surface area contributed by atoms with E-state index in [1.807, 2.05) is 25.2 Å². The molecule has 1 aromatic carbocycles. The molecule has 2 N–H and O–H groups in total. The summed E-state index contributed by atoms with van der Waals surface area (Å²) in [4.78, 5) is 11.5. The van der Waals surface area contributed by atoms with Crippen LogP contribution in [0.15, 0.2) is 18.2 Å². The van der Waals surface area contributed by atoms with E-state index in [0.29, 0.717) is 16.9 Å². The van der Waals surface area contributed by atoms with Crippen LogP contribution in [0.5, 0.6) is 0 Å². The number of aromatic nitrogens is 2. The van der Waals surface area contributed by atoms with Gasteiger partial charge < -0.3 is 15.5 Å². The zero-order valence-electron chi connectivity index (χ0n) is 13.1. The van der Waals surface area contributed by atoms with Gasteiger partial charge in [0.15, 0.2) is 0 Å². The van der Waals surface area contributed by atoms with Crippen molar-refractivity contribution in [2.24, 2.45) is 5.92 Å². The summed E-state index contributed by atoms with van der Waals surface area (Å²) in [6.45, 7) is 3.27. The molecule has 1 aliphatic rings. The minimum Gasteiger partial charge on any atom is -0.372 e. The first-order chi connectivity index (χ1) is 10.7. The quantitative estimate of drug-likeness (QED) is 0.907. The molecule has 1 aliphatic heterocycles. The Balaban J connectivity index is 1.75. The van der Waals surface area contributed by atoms with Crippen molar-refractivity contribution in [2.45, 2.75) is 12.8 Å². The molecular weight excluding hydrogens is 298 g/mol. The number of piperidine rings is 1. The van der Waals surface area contributed by atoms with E-state index in [0.717, 1.165) is 23.3 Å². The molecule has 22 heavy (non-hydrogen) atoms. The van der Waals surface area contributed by atoms with Gasteiger partial charge in [0, 0.05) is 24.0 Å². The second-order valence-corrected chi connectivity index (χ2v) is 6.37. The number of fused-ring (bicyclic) bond motifs is 1. The molecule has 1 fully saturated rings. The van der Waals surface area contributed by atoms with Gasteiger partial charge in [0.25, 0.3) is 0 Å². The van der Waals surface area contributed by atoms with Gasteiger partial charge in [-0.05, 0) is 57.1 Å². The molecule has 0 bridgehead atoms. The number of hydrogen-bond donors (Lipinski definition) is 2. The van der Waals surface area contributed by atoms with E-state index < -0.39 is 0 Å². The number of nitrogens with one attached hydrogen (secondary N) is 2. The molecule has 0 radical (unpaired) electrons. The lowest BCUT2D eigenvalue weighted by Gasteiger charge is -2.28. The van der Waals surface area contributed by atoms with E-state index in [1.54, 1.807) is 0 Å². The van der Waals surface area contributed by atoms with Crippen LogP contribution < -0.4 is 10.6 Å². The maximum atomic E-state index is 6.06. The first-order valence-electron chi connectivity index (χ1n) is 7.73. The van der Waals surface area contributed by atoms with Crippen molar-refractivity contribution in [3.05, 3.63) is 23.2 Å². The Morgan fingerprint density at radius 1 is 1.27 bits per heavy atom. The minimum atomic E-state index is 0.679. The highest BCUT2D eigenvalue weighted by Crippen LogP contribution is 2.25. The van der Waals surface area contributed by atoms with Crippen molar-refractivity contribution in [1.29, 1.82) is 0 Å². The van der Waals surface area contributed by atoms with Gasteiger partial charge >= 0.3 is 0 Å². The minimum absolute atomic E-state index is 0.679. The lowest BCUT2D eigenvalue weighted by molar-refractivity contribution is 0.226. The second kappa shape index (κ2) is 6.67. The molecule has 0 spiro atoms. The predicted molar refractivity (Wildman–Crippen MR) is 92.8 cm³/mol. The molecule has 3 rings (SSSR count). The van der Waals surface area contributed by atoms with Gasteiger partial charge in [-0.3, -0.25) is 0 Å². The summed E-state index contributed by atoms with van der Waals surface area (Å²) >= 11 is 6.06. The Morgan fingerprint density at radius 3 is 2.77 bits per heavy atom. The first kappa shape index (κ1) is 15.3. The summed E-state index contributed by atoms with van der Waals surface area (Å²) in [5.74, 6) is 2.18. The van der Waals surface area contributed by atoms with Crippen molar-refractivity contribution >= 4 is 34.3 Å². The van der Waals surface area contributed by atoms with Crippen LogP contribution in [-0.2, 0) is 0 Å². The normalized spacial score (nSPS) is 16.9. The summed E-state index contributed by atoms with van der Waals surface area (Å²) in [7, 11) is 4.05. The SMILES string of the molecule is CNc1nc(NCC2CCN(C)CC2)nc2ccc(Cl)cc12. The molecule has 0 aliphatic carbocycles. The van der Waals surface area contributed by atoms with Crippen LogP contribution in [0.1, 0.15) is 12.8 Å². The molecule has 5 nitrogen and oxygen atoms in total. The summed E-state index contributed by atoms with van der Waals surface area (Å²) in [5, 5.41) is 8.16. The number of hydrogen-bond acceptors (Lipinski definition) is 5. The number of halogens is 1. The average molecular weight is 320 g/mol. The Labute approximate surface area is 136 Å². The largest absolute Gasteiger partial charge is 0.372 e. The van der Waals surface area contributed by atoms with E-state index >= 15 is 0 Å². The number of likely N-dealkylation sites (tertiary alicyclic amines) is 1. The number of benzene rings is 1. The van der Waals surface area contributed by atoms with E-state index in [9.17, 15) is 0 Å². The maximum absolute atomic E-state index is 6.06. The lowest BCUT2D eigenvalue weighted by Crippen LogP contribution is -2.33. The van der Waals surface area contributed by atoms with Gasteiger partial charge in [0.1, 0.15) is 5.82 Å². The van der Waals surface area contributed by atoms with Crippen LogP contribution in [-0.4, -0.2) is 48.6 Å². The van der Waals surface area contributed by atoms with E-state index in [-0.39, 0.29) is 0 Å². The molecule has 1 saturated heterocycles. The van der Waals surface area contributed by atoms with Crippen molar-refractivity contribution in [1.82, 2.24) is 14.9 Å². The predicted octanol–water partition coefficient (Wildman–Crippen LogP) is 3.08. The molecule has 118 valence electrons. The molecule has 2 aromatic rings. The van der Waals surface area contributed by atoms with Crippen LogP contribution in [0.4, 0.5) is 11.8 Å². The first-order valence-corrected chi connectivity index (χ1v) is 8.11. The smallest absolute Gasteiger partial charge is 0.225 e. The Kier molecular flexibility index (Phi) is 4.64. The topological polar surface area (TPSA) is 53.1 Å². The summed E-state index contributed by atoms with van der Waals surface area (Å²) in [6.07, 6.45) is 2.46. The average Bonchev–Trinajstić information content (AvgIpc) is 2.53. The van der Waals surface area contributed by atoms with Crippen LogP contribution in [0.25, 0.3) is 10.9 Å². The monoisotopic (exact) mass is 319 g/mol. The van der Waals surface area contributed by atoms with Crippen LogP contribution >= 0.6 is 11.6 Å². The van der Waals surface area contributed by atoms with Crippen LogP contribution in [0.3, 0.4) is 0 Å². The van der Waals surface area contributed by atoms with E-state index in [2.05, 4.69) is 32.5 Å². The molecule has 0 atom stereocenters.